The maximum atomic E-state index is 11.8. The fourth-order valence-electron chi connectivity index (χ4n) is 1.26. The number of fused-ring (bicyclic) bond motifs is 1. The number of nitrogens with zero attached hydrogens (tertiary/aromatic N) is 1. The van der Waals surface area contributed by atoms with Crippen molar-refractivity contribution >= 4 is 71.7 Å². The largest absolute Gasteiger partial charge is 0.301 e. The molecule has 0 aliphatic heterocycles. The van der Waals surface area contributed by atoms with E-state index in [1.807, 2.05) is 0 Å². The van der Waals surface area contributed by atoms with Crippen LogP contribution in [0.3, 0.4) is 0 Å². The first-order valence-electron chi connectivity index (χ1n) is 5.03. The summed E-state index contributed by atoms with van der Waals surface area (Å²) in [5.74, 6) is -0.163. The molecule has 1 aromatic carbocycles. The quantitative estimate of drug-likeness (QED) is 0.780. The zero-order valence-electron chi connectivity index (χ0n) is 9.55. The number of hydrogen-bond acceptors (Lipinski definition) is 3. The lowest BCUT2D eigenvalue weighted by molar-refractivity contribution is -0.117. The molecule has 1 aromatic heterocycles. The second-order valence-electron chi connectivity index (χ2n) is 4.18. The molecule has 96 valence electrons. The van der Waals surface area contributed by atoms with E-state index >= 15 is 0 Å². The van der Waals surface area contributed by atoms with Crippen molar-refractivity contribution in [2.75, 3.05) is 5.32 Å². The Balaban J connectivity index is 2.37. The molecule has 2 rings (SSSR count). The summed E-state index contributed by atoms with van der Waals surface area (Å²) in [7, 11) is 0. The molecular weight excluding hydrogens is 359 g/mol. The van der Waals surface area contributed by atoms with E-state index < -0.39 is 4.32 Å². The van der Waals surface area contributed by atoms with E-state index in [9.17, 15) is 4.79 Å². The average Bonchev–Trinajstić information content (AvgIpc) is 2.58. The molecule has 0 atom stereocenters. The van der Waals surface area contributed by atoms with Crippen molar-refractivity contribution in [1.82, 2.24) is 4.98 Å². The Kier molecular flexibility index (Phi) is 3.88. The van der Waals surface area contributed by atoms with E-state index in [4.69, 9.17) is 23.2 Å². The molecule has 0 aliphatic carbocycles. The summed E-state index contributed by atoms with van der Waals surface area (Å²) in [4.78, 5) is 16.1. The van der Waals surface area contributed by atoms with Gasteiger partial charge < -0.3 is 5.32 Å². The van der Waals surface area contributed by atoms with Gasteiger partial charge in [-0.3, -0.25) is 4.79 Å². The van der Waals surface area contributed by atoms with Crippen molar-refractivity contribution < 1.29 is 4.79 Å². The molecule has 7 heteroatoms. The minimum Gasteiger partial charge on any atom is -0.301 e. The second kappa shape index (κ2) is 4.96. The van der Waals surface area contributed by atoms with Crippen LogP contribution in [0.5, 0.6) is 0 Å². The number of benzene rings is 1. The van der Waals surface area contributed by atoms with Gasteiger partial charge in [-0.15, -0.1) is 0 Å². The van der Waals surface area contributed by atoms with E-state index in [2.05, 4.69) is 26.2 Å². The first kappa shape index (κ1) is 14.1. The Labute approximate surface area is 127 Å². The van der Waals surface area contributed by atoms with E-state index in [0.29, 0.717) is 20.7 Å². The smallest absolute Gasteiger partial charge is 0.242 e. The number of carbonyl (C=O) groups excluding carboxylic acids is 1. The number of thiazole rings is 1. The number of rotatable bonds is 2. The Morgan fingerprint density at radius 2 is 2.11 bits per heavy atom. The topological polar surface area (TPSA) is 42.0 Å². The first-order valence-corrected chi connectivity index (χ1v) is 7.40. The summed E-state index contributed by atoms with van der Waals surface area (Å²) in [5, 5.41) is 4.27. The van der Waals surface area contributed by atoms with Crippen molar-refractivity contribution in [3.05, 3.63) is 22.2 Å². The highest BCUT2D eigenvalue weighted by Crippen LogP contribution is 2.34. The summed E-state index contributed by atoms with van der Waals surface area (Å²) >= 11 is 16.6. The highest BCUT2D eigenvalue weighted by molar-refractivity contribution is 9.10. The Morgan fingerprint density at radius 3 is 2.72 bits per heavy atom. The van der Waals surface area contributed by atoms with E-state index in [0.717, 1.165) is 4.70 Å². The Hall–Kier alpha value is -0.360. The molecule has 0 fully saturated rings. The van der Waals surface area contributed by atoms with E-state index in [1.165, 1.54) is 11.3 Å². The molecule has 0 bridgehead atoms. The lowest BCUT2D eigenvalue weighted by atomic mass is 10.2. The summed E-state index contributed by atoms with van der Waals surface area (Å²) < 4.78 is 0.196. The van der Waals surface area contributed by atoms with E-state index in [1.54, 1.807) is 26.0 Å². The minimum atomic E-state index is -0.647. The van der Waals surface area contributed by atoms with Gasteiger partial charge in [0.2, 0.25) is 5.91 Å². The zero-order valence-corrected chi connectivity index (χ0v) is 13.5. The summed E-state index contributed by atoms with van der Waals surface area (Å²) in [6.45, 7) is 3.53. The number of nitrogens with one attached hydrogen (secondary N) is 1. The third kappa shape index (κ3) is 2.96. The third-order valence-corrected chi connectivity index (χ3v) is 3.96. The monoisotopic (exact) mass is 366 g/mol. The molecule has 0 saturated heterocycles. The van der Waals surface area contributed by atoms with Crippen LogP contribution in [-0.4, -0.2) is 15.2 Å². The molecule has 1 amide bonds. The maximum absolute atomic E-state index is 11.8. The Morgan fingerprint density at radius 1 is 1.44 bits per heavy atom. The SMILES string of the molecule is CC(C)(Br)C(=O)Nc1nc2c(Cl)cc(Cl)cc2s1. The molecule has 0 radical (unpaired) electrons. The van der Waals surface area contributed by atoms with Crippen LogP contribution in [0.25, 0.3) is 10.2 Å². The molecule has 0 aliphatic rings. The minimum absolute atomic E-state index is 0.163. The zero-order chi connectivity index (χ0) is 13.5. The van der Waals surface area contributed by atoms with Gasteiger partial charge in [0.25, 0.3) is 0 Å². The van der Waals surface area contributed by atoms with Crippen LogP contribution < -0.4 is 5.32 Å². The van der Waals surface area contributed by atoms with Crippen molar-refractivity contribution in [2.24, 2.45) is 0 Å². The maximum Gasteiger partial charge on any atom is 0.242 e. The number of hydrogen-bond donors (Lipinski definition) is 1. The van der Waals surface area contributed by atoms with Crippen molar-refractivity contribution in [1.29, 1.82) is 0 Å². The van der Waals surface area contributed by atoms with Gasteiger partial charge in [0, 0.05) is 5.02 Å². The number of alkyl halides is 1. The van der Waals surface area contributed by atoms with Gasteiger partial charge in [0.15, 0.2) is 5.13 Å². The van der Waals surface area contributed by atoms with E-state index in [-0.39, 0.29) is 5.91 Å². The van der Waals surface area contributed by atoms with Crippen LogP contribution in [-0.2, 0) is 4.79 Å². The Bertz CT molecular complexity index is 621. The van der Waals surface area contributed by atoms with Gasteiger partial charge in [-0.25, -0.2) is 4.98 Å². The predicted molar refractivity (Wildman–Crippen MR) is 81.3 cm³/mol. The molecular formula is C11H9BrCl2N2OS. The number of halogens is 3. The van der Waals surface area contributed by atoms with Crippen molar-refractivity contribution in [3.63, 3.8) is 0 Å². The molecule has 0 unspecified atom stereocenters. The molecule has 2 aromatic rings. The van der Waals surface area contributed by atoms with Crippen LogP contribution >= 0.6 is 50.5 Å². The van der Waals surface area contributed by atoms with Crippen LogP contribution in [0.2, 0.25) is 10.0 Å². The van der Waals surface area contributed by atoms with Gasteiger partial charge >= 0.3 is 0 Å². The standard InChI is InChI=1S/C11H9BrCl2N2OS/c1-11(2,12)9(17)16-10-15-8-6(14)3-5(13)4-7(8)18-10/h3-4H,1-2H3,(H,15,16,17). The fraction of sp³-hybridized carbons (Fsp3) is 0.273. The normalized spacial score (nSPS) is 11.8. The van der Waals surface area contributed by atoms with Gasteiger partial charge in [0.1, 0.15) is 5.52 Å². The highest BCUT2D eigenvalue weighted by atomic mass is 79.9. The van der Waals surface area contributed by atoms with Crippen LogP contribution in [0, 0.1) is 0 Å². The number of carbonyl (C=O) groups is 1. The molecule has 1 heterocycles. The van der Waals surface area contributed by atoms with Crippen molar-refractivity contribution in [2.45, 2.75) is 18.2 Å². The number of amides is 1. The number of aromatic nitrogens is 1. The summed E-state index contributed by atoms with van der Waals surface area (Å²) in [6, 6.07) is 3.40. The predicted octanol–water partition coefficient (Wildman–Crippen LogP) is 4.72. The lowest BCUT2D eigenvalue weighted by Gasteiger charge is -2.13. The first-order chi connectivity index (χ1) is 8.27. The molecule has 0 spiro atoms. The van der Waals surface area contributed by atoms with Gasteiger partial charge in [-0.05, 0) is 26.0 Å². The molecule has 3 nitrogen and oxygen atoms in total. The summed E-state index contributed by atoms with van der Waals surface area (Å²) in [5.41, 5.74) is 0.647. The van der Waals surface area contributed by atoms with Crippen LogP contribution in [0.1, 0.15) is 13.8 Å². The molecule has 0 saturated carbocycles. The number of anilines is 1. The average molecular weight is 368 g/mol. The third-order valence-electron chi connectivity index (χ3n) is 2.17. The lowest BCUT2D eigenvalue weighted by Crippen LogP contribution is -2.30. The van der Waals surface area contributed by atoms with Gasteiger partial charge in [0.05, 0.1) is 14.0 Å². The second-order valence-corrected chi connectivity index (χ2v) is 8.04. The molecule has 1 N–H and O–H groups in total. The molecule has 18 heavy (non-hydrogen) atoms. The van der Waals surface area contributed by atoms with Crippen LogP contribution in [0.15, 0.2) is 12.1 Å². The fourth-order valence-corrected chi connectivity index (χ4v) is 2.94. The highest BCUT2D eigenvalue weighted by Gasteiger charge is 2.24. The van der Waals surface area contributed by atoms with Crippen molar-refractivity contribution in [3.8, 4) is 0 Å². The van der Waals surface area contributed by atoms with Crippen LogP contribution in [0.4, 0.5) is 5.13 Å². The van der Waals surface area contributed by atoms with Gasteiger partial charge in [-0.1, -0.05) is 50.5 Å². The summed E-state index contributed by atoms with van der Waals surface area (Å²) in [6.07, 6.45) is 0. The van der Waals surface area contributed by atoms with Gasteiger partial charge in [-0.2, -0.15) is 0 Å².